The second-order valence-electron chi connectivity index (χ2n) is 23.8. The fourth-order valence-corrected chi connectivity index (χ4v) is 14.7. The Bertz CT molecular complexity index is 3030. The van der Waals surface area contributed by atoms with Gasteiger partial charge in [0.1, 0.15) is 29.5 Å². The third kappa shape index (κ3) is 19.7. The highest BCUT2D eigenvalue weighted by Crippen LogP contribution is 2.45. The number of ether oxygens (including phenoxy) is 6. The molecule has 0 radical (unpaired) electrons. The van der Waals surface area contributed by atoms with Gasteiger partial charge in [-0.1, -0.05) is 37.1 Å². The summed E-state index contributed by atoms with van der Waals surface area (Å²) in [5.41, 5.74) is 7.50. The van der Waals surface area contributed by atoms with Crippen LogP contribution in [0.2, 0.25) is 0 Å². The van der Waals surface area contributed by atoms with E-state index in [4.69, 9.17) is 35.0 Å². The molecule has 88 heavy (non-hydrogen) atoms. The van der Waals surface area contributed by atoms with Gasteiger partial charge < -0.3 is 44.4 Å². The van der Waals surface area contributed by atoms with Gasteiger partial charge in [0.25, 0.3) is 0 Å². The van der Waals surface area contributed by atoms with Crippen molar-refractivity contribution < 1.29 is 54.8 Å². The van der Waals surface area contributed by atoms with Crippen molar-refractivity contribution in [2.75, 3.05) is 111 Å². The summed E-state index contributed by atoms with van der Waals surface area (Å²) in [4.78, 5) is 33.7. The molecule has 0 spiro atoms. The van der Waals surface area contributed by atoms with E-state index >= 15 is 0 Å². The van der Waals surface area contributed by atoms with Crippen LogP contribution in [0.1, 0.15) is 123 Å². The number of piperidine rings is 1. The van der Waals surface area contributed by atoms with Crippen LogP contribution in [-0.4, -0.2) is 168 Å². The van der Waals surface area contributed by atoms with E-state index in [9.17, 15) is 31.7 Å². The number of carbonyl (C=O) groups is 2. The molecule has 4 aliphatic rings. The number of ketones is 1. The summed E-state index contributed by atoms with van der Waals surface area (Å²) < 4.78 is 90.8. The maximum atomic E-state index is 13.2. The molecule has 4 N–H and O–H groups in total. The monoisotopic (exact) mass is 1250 g/mol. The van der Waals surface area contributed by atoms with Crippen molar-refractivity contribution in [2.24, 2.45) is 5.92 Å². The van der Waals surface area contributed by atoms with E-state index in [0.717, 1.165) is 105 Å². The average Bonchev–Trinajstić information content (AvgIpc) is 2.32. The molecule has 0 bridgehead atoms. The number of Topliss-reactive ketones (excluding diaryl/α,β-unsaturated/α-hetero) is 1. The first kappa shape index (κ1) is 67.9. The van der Waals surface area contributed by atoms with Gasteiger partial charge in [0.15, 0.2) is 15.5 Å². The number of sulfonamides is 1. The lowest BCUT2D eigenvalue weighted by molar-refractivity contribution is -0.119. The van der Waals surface area contributed by atoms with Gasteiger partial charge in [-0.25, -0.2) is 31.2 Å². The van der Waals surface area contributed by atoms with E-state index in [1.807, 2.05) is 26.0 Å². The van der Waals surface area contributed by atoms with E-state index in [2.05, 4.69) is 67.4 Å². The zero-order valence-electron chi connectivity index (χ0n) is 51.7. The molecule has 2 aliphatic carbocycles. The number of rotatable bonds is 35. The van der Waals surface area contributed by atoms with Gasteiger partial charge in [0.05, 0.1) is 85.5 Å². The molecule has 2 saturated heterocycles. The Labute approximate surface area is 521 Å². The van der Waals surface area contributed by atoms with Crippen LogP contribution in [0.25, 0.3) is 4.85 Å². The van der Waals surface area contributed by atoms with E-state index in [1.165, 1.54) is 6.42 Å². The van der Waals surface area contributed by atoms with Gasteiger partial charge in [0.2, 0.25) is 10.0 Å². The predicted octanol–water partition coefficient (Wildman–Crippen LogP) is 8.26. The highest BCUT2D eigenvalue weighted by molar-refractivity contribution is 7.91. The highest BCUT2D eigenvalue weighted by atomic mass is 32.2. The molecule has 0 aromatic heterocycles. The second-order valence-corrected chi connectivity index (χ2v) is 27.6. The SMILES string of the molecule is [C-]#[N+]c1cc(C)cc2c1C[C@H](N1CCC[C@H](C)C1)[C@H]2Oc1ccc(S(=O)(=O)NCCOCCOCCCC(=O)CCCCCNC(=O)NCCOCCOCCCS(=O)(=O)c2ccc(O[C@H]3c4cc(C)cc(C#N)c4C[C@@H]3N3CCN[C@H](C)C3)cc2)cc1. The molecule has 20 nitrogen and oxygen atoms in total. The smallest absolute Gasteiger partial charge is 0.314 e. The zero-order valence-corrected chi connectivity index (χ0v) is 53.3. The summed E-state index contributed by atoms with van der Waals surface area (Å²) in [7, 11) is -7.34. The standard InChI is InChI=1S/C66H90N8O12S2/c1-47-12-9-27-73(45-47)63-43-58-60(40-49(3)41-61(58)68-5)65(63)86-54-17-21-56(22-18-54)88(79,80)72-26-32-84-36-33-81-29-10-14-52(75)13-7-6-8-23-70-66(76)71-25-31-83-35-34-82-30-11-37-87(77,78)55-19-15-53(16-20-55)85-64-59-39-48(2)38-51(44-67)57(59)42-62(64)74-28-24-69-50(4)46-74/h15-22,38-41,47,50,62-65,69,72H,6-14,23-37,42-43,45-46H2,1-4H3,(H2,70,71,76)/t47-,50+,62-,63-,64-,65-/m0/s1. The predicted molar refractivity (Wildman–Crippen MR) is 336 cm³/mol. The molecule has 6 atom stereocenters. The lowest BCUT2D eigenvalue weighted by Crippen LogP contribution is -2.54. The third-order valence-electron chi connectivity index (χ3n) is 16.8. The van der Waals surface area contributed by atoms with E-state index in [-0.39, 0.29) is 84.6 Å². The third-order valence-corrected chi connectivity index (χ3v) is 20.1. The quantitative estimate of drug-likeness (QED) is 0.0250. The Morgan fingerprint density at radius 3 is 1.90 bits per heavy atom. The number of nitrogens with zero attached hydrogens (tertiary/aromatic N) is 4. The maximum Gasteiger partial charge on any atom is 0.314 e. The average molecular weight is 1250 g/mol. The van der Waals surface area contributed by atoms with Crippen molar-refractivity contribution in [3.8, 4) is 17.6 Å². The Balaban J connectivity index is 0.586. The van der Waals surface area contributed by atoms with Crippen LogP contribution in [-0.2, 0) is 56.4 Å². The van der Waals surface area contributed by atoms with Crippen LogP contribution in [0, 0.1) is 37.7 Å². The number of carbonyl (C=O) groups excluding carboxylic acids is 2. The number of hydrogen-bond acceptors (Lipinski definition) is 16. The number of urea groups is 1. The molecule has 478 valence electrons. The van der Waals surface area contributed by atoms with Crippen LogP contribution in [0.3, 0.4) is 0 Å². The number of nitriles is 1. The lowest BCUT2D eigenvalue weighted by atomic mass is 9.97. The summed E-state index contributed by atoms with van der Waals surface area (Å²) in [6, 6.07) is 23.8. The Morgan fingerprint density at radius 2 is 1.25 bits per heavy atom. The summed E-state index contributed by atoms with van der Waals surface area (Å²) in [5, 5.41) is 19.0. The number of benzene rings is 4. The normalized spacial score (nSPS) is 20.4. The van der Waals surface area contributed by atoms with E-state index in [1.54, 1.807) is 48.5 Å². The van der Waals surface area contributed by atoms with Gasteiger partial charge in [-0.05, 0) is 167 Å². The van der Waals surface area contributed by atoms with Gasteiger partial charge in [-0.2, -0.15) is 5.26 Å². The molecule has 4 aromatic carbocycles. The largest absolute Gasteiger partial charge is 0.484 e. The highest BCUT2D eigenvalue weighted by Gasteiger charge is 2.42. The number of aryl methyl sites for hydroxylation is 2. The molecular formula is C66H90N8O12S2. The van der Waals surface area contributed by atoms with Crippen molar-refractivity contribution >= 4 is 37.4 Å². The molecule has 4 aromatic rings. The van der Waals surface area contributed by atoms with Crippen molar-refractivity contribution in [3.05, 3.63) is 123 Å². The molecule has 2 heterocycles. The van der Waals surface area contributed by atoms with Crippen molar-refractivity contribution in [1.82, 2.24) is 30.5 Å². The number of piperazine rings is 1. The Kier molecular flexibility index (Phi) is 26.0. The molecule has 22 heteroatoms. The minimum absolute atomic E-state index is 0.0540. The molecule has 0 unspecified atom stereocenters. The Hall–Kier alpha value is -6.02. The van der Waals surface area contributed by atoms with Gasteiger partial charge in [0, 0.05) is 77.9 Å². The topological polar surface area (TPSA) is 241 Å². The van der Waals surface area contributed by atoms with Crippen LogP contribution >= 0.6 is 0 Å². The molecule has 2 aliphatic heterocycles. The van der Waals surface area contributed by atoms with Gasteiger partial charge in [-0.3, -0.25) is 14.6 Å². The number of nitrogens with one attached hydrogen (secondary N) is 4. The Morgan fingerprint density at radius 1 is 0.670 bits per heavy atom. The maximum absolute atomic E-state index is 13.2. The second kappa shape index (κ2) is 33.7. The number of unbranched alkanes of at least 4 members (excludes halogenated alkanes) is 2. The van der Waals surface area contributed by atoms with Gasteiger partial charge in [-0.15, -0.1) is 0 Å². The summed E-state index contributed by atoms with van der Waals surface area (Å²) in [6.45, 7) is 24.0. The number of amides is 2. The molecule has 0 saturated carbocycles. The van der Waals surface area contributed by atoms with Crippen molar-refractivity contribution in [1.29, 1.82) is 5.26 Å². The number of sulfone groups is 1. The van der Waals surface area contributed by atoms with E-state index in [0.29, 0.717) is 99.9 Å². The van der Waals surface area contributed by atoms with Gasteiger partial charge >= 0.3 is 6.03 Å². The van der Waals surface area contributed by atoms with E-state index < -0.39 is 19.9 Å². The first-order chi connectivity index (χ1) is 42.5. The fraction of sp³-hybridized carbons (Fsp3) is 0.576. The zero-order chi connectivity index (χ0) is 62.5. The summed E-state index contributed by atoms with van der Waals surface area (Å²) in [5.74, 6) is 1.83. The van der Waals surface area contributed by atoms with Crippen LogP contribution < -0.4 is 30.1 Å². The number of likely N-dealkylation sites (tertiary alicyclic amines) is 1. The number of fused-ring (bicyclic) bond motifs is 2. The number of hydrogen-bond donors (Lipinski definition) is 4. The van der Waals surface area contributed by atoms with Crippen LogP contribution in [0.5, 0.6) is 11.5 Å². The molecular weight excluding hydrogens is 1160 g/mol. The lowest BCUT2D eigenvalue weighted by Gasteiger charge is -2.38. The van der Waals surface area contributed by atoms with Crippen LogP contribution in [0.4, 0.5) is 10.5 Å². The van der Waals surface area contributed by atoms with Crippen molar-refractivity contribution in [2.45, 2.75) is 138 Å². The van der Waals surface area contributed by atoms with Crippen molar-refractivity contribution in [3.63, 3.8) is 0 Å². The fourth-order valence-electron chi connectivity index (χ4n) is 12.4. The molecule has 2 amide bonds. The first-order valence-electron chi connectivity index (χ1n) is 31.4. The minimum Gasteiger partial charge on any atom is -0.484 e. The first-order valence-corrected chi connectivity index (χ1v) is 34.5. The molecule has 8 rings (SSSR count). The summed E-state index contributed by atoms with van der Waals surface area (Å²) in [6.07, 6.45) is 7.31. The minimum atomic E-state index is -3.79. The molecule has 2 fully saturated rings. The van der Waals surface area contributed by atoms with Crippen LogP contribution in [0.15, 0.2) is 82.6 Å². The summed E-state index contributed by atoms with van der Waals surface area (Å²) >= 11 is 0.